The third-order valence-electron chi connectivity index (χ3n) is 6.18. The van der Waals surface area contributed by atoms with Crippen LogP contribution in [0.3, 0.4) is 0 Å². The minimum absolute atomic E-state index is 0.415. The molecular weight excluding hydrogens is 400 g/mol. The first-order valence-corrected chi connectivity index (χ1v) is 11.3. The fourth-order valence-corrected chi connectivity index (χ4v) is 4.26. The maximum absolute atomic E-state index is 4.93. The lowest BCUT2D eigenvalue weighted by Crippen LogP contribution is -2.23. The van der Waals surface area contributed by atoms with E-state index in [0.717, 1.165) is 48.2 Å². The van der Waals surface area contributed by atoms with Gasteiger partial charge in [0.15, 0.2) is 11.5 Å². The summed E-state index contributed by atoms with van der Waals surface area (Å²) in [6.07, 6.45) is 9.09. The van der Waals surface area contributed by atoms with Gasteiger partial charge in [0.1, 0.15) is 11.6 Å². The molecule has 1 saturated heterocycles. The van der Waals surface area contributed by atoms with Crippen molar-refractivity contribution >= 4 is 17.3 Å². The summed E-state index contributed by atoms with van der Waals surface area (Å²) in [6.45, 7) is 2.72. The fraction of sp³-hybridized carbons (Fsp3) is 0.333. The van der Waals surface area contributed by atoms with Crippen LogP contribution >= 0.6 is 0 Å². The van der Waals surface area contributed by atoms with Crippen molar-refractivity contribution in [2.45, 2.75) is 37.8 Å². The second-order valence-electron chi connectivity index (χ2n) is 8.59. The molecule has 0 radical (unpaired) electrons. The van der Waals surface area contributed by atoms with Crippen LogP contribution in [0.5, 0.6) is 0 Å². The molecule has 2 aliphatic rings. The smallest absolute Gasteiger partial charge is 0.163 e. The Bertz CT molecular complexity index is 1210. The third kappa shape index (κ3) is 3.89. The average Bonchev–Trinajstić information content (AvgIpc) is 3.38. The Morgan fingerprint density at radius 3 is 2.66 bits per heavy atom. The first-order valence-electron chi connectivity index (χ1n) is 11.3. The summed E-state index contributed by atoms with van der Waals surface area (Å²) in [5.41, 5.74) is 4.41. The summed E-state index contributed by atoms with van der Waals surface area (Å²) in [6, 6.07) is 12.7. The standard InChI is InChI=1S/C24H26N8/c1-9-26-23(27-10-1)18-4-2-16(3-5-18)13-28-22-12-21(30-19-8-11-25-14-19)31-24-20(17-6-7-17)15-29-32(22)24/h1-5,9-10,12,15,17,19,25,28H,6-8,11,13-14H2,(H,30,31)/t19-/m0/s1. The van der Waals surface area contributed by atoms with E-state index in [-0.39, 0.29) is 0 Å². The highest BCUT2D eigenvalue weighted by Crippen LogP contribution is 2.42. The summed E-state index contributed by atoms with van der Waals surface area (Å²) in [5, 5.41) is 15.2. The molecule has 1 aliphatic heterocycles. The van der Waals surface area contributed by atoms with Crippen molar-refractivity contribution in [1.82, 2.24) is 29.9 Å². The van der Waals surface area contributed by atoms with E-state index in [2.05, 4.69) is 61.3 Å². The summed E-state index contributed by atoms with van der Waals surface area (Å²) >= 11 is 0. The Morgan fingerprint density at radius 2 is 1.91 bits per heavy atom. The maximum Gasteiger partial charge on any atom is 0.163 e. The molecular formula is C24H26N8. The molecule has 0 amide bonds. The molecule has 0 unspecified atom stereocenters. The van der Waals surface area contributed by atoms with Crippen molar-refractivity contribution in [3.05, 3.63) is 66.1 Å². The summed E-state index contributed by atoms with van der Waals surface area (Å²) in [4.78, 5) is 13.6. The zero-order valence-electron chi connectivity index (χ0n) is 17.8. The Kier molecular flexibility index (Phi) is 4.92. The summed E-state index contributed by atoms with van der Waals surface area (Å²) in [5.74, 6) is 3.20. The van der Waals surface area contributed by atoms with Crippen molar-refractivity contribution in [1.29, 1.82) is 0 Å². The minimum Gasteiger partial charge on any atom is -0.366 e. The number of rotatable bonds is 7. The zero-order valence-corrected chi connectivity index (χ0v) is 17.8. The Morgan fingerprint density at radius 1 is 1.06 bits per heavy atom. The van der Waals surface area contributed by atoms with E-state index < -0.39 is 0 Å². The molecule has 1 saturated carbocycles. The van der Waals surface area contributed by atoms with E-state index in [9.17, 15) is 0 Å². The summed E-state index contributed by atoms with van der Waals surface area (Å²) in [7, 11) is 0. The van der Waals surface area contributed by atoms with Gasteiger partial charge >= 0.3 is 0 Å². The van der Waals surface area contributed by atoms with Crippen molar-refractivity contribution in [3.8, 4) is 11.4 Å². The number of aromatic nitrogens is 5. The van der Waals surface area contributed by atoms with Crippen LogP contribution in [-0.2, 0) is 6.54 Å². The van der Waals surface area contributed by atoms with Gasteiger partial charge < -0.3 is 16.0 Å². The Hall–Kier alpha value is -3.52. The van der Waals surface area contributed by atoms with Gasteiger partial charge in [0.05, 0.1) is 6.20 Å². The second kappa shape index (κ2) is 8.20. The molecule has 0 bridgehead atoms. The van der Waals surface area contributed by atoms with Crippen LogP contribution in [0.4, 0.5) is 11.6 Å². The van der Waals surface area contributed by atoms with Crippen molar-refractivity contribution in [2.24, 2.45) is 0 Å². The van der Waals surface area contributed by atoms with E-state index in [1.165, 1.54) is 24.0 Å². The molecule has 32 heavy (non-hydrogen) atoms. The predicted molar refractivity (Wildman–Crippen MR) is 125 cm³/mol. The van der Waals surface area contributed by atoms with E-state index in [4.69, 9.17) is 4.98 Å². The van der Waals surface area contributed by atoms with Gasteiger partial charge in [-0.1, -0.05) is 24.3 Å². The molecule has 4 aromatic rings. The second-order valence-corrected chi connectivity index (χ2v) is 8.59. The Labute approximate surface area is 186 Å². The van der Waals surface area contributed by atoms with Gasteiger partial charge in [-0.05, 0) is 43.4 Å². The first kappa shape index (κ1) is 19.2. The van der Waals surface area contributed by atoms with E-state index >= 15 is 0 Å². The van der Waals surface area contributed by atoms with Crippen molar-refractivity contribution in [3.63, 3.8) is 0 Å². The largest absolute Gasteiger partial charge is 0.366 e. The number of fused-ring (bicyclic) bond motifs is 1. The molecule has 3 N–H and O–H groups in total. The topological polar surface area (TPSA) is 92.1 Å². The number of nitrogens with one attached hydrogen (secondary N) is 3. The highest BCUT2D eigenvalue weighted by molar-refractivity contribution is 5.62. The fourth-order valence-electron chi connectivity index (χ4n) is 4.26. The number of hydrogen-bond donors (Lipinski definition) is 3. The van der Waals surface area contributed by atoms with E-state index in [0.29, 0.717) is 18.5 Å². The number of nitrogens with zero attached hydrogens (tertiary/aromatic N) is 5. The van der Waals surface area contributed by atoms with Crippen LogP contribution in [-0.4, -0.2) is 43.7 Å². The average molecular weight is 427 g/mol. The van der Waals surface area contributed by atoms with E-state index in [1.807, 2.05) is 16.8 Å². The van der Waals surface area contributed by atoms with Gasteiger partial charge in [-0.25, -0.2) is 15.0 Å². The number of hydrogen-bond acceptors (Lipinski definition) is 7. The summed E-state index contributed by atoms with van der Waals surface area (Å²) < 4.78 is 1.94. The normalized spacial score (nSPS) is 18.2. The van der Waals surface area contributed by atoms with Gasteiger partial charge in [-0.3, -0.25) is 0 Å². The van der Waals surface area contributed by atoms with Gasteiger partial charge in [0.25, 0.3) is 0 Å². The lowest BCUT2D eigenvalue weighted by Gasteiger charge is -2.15. The highest BCUT2D eigenvalue weighted by atomic mass is 15.3. The maximum atomic E-state index is 4.93. The zero-order chi connectivity index (χ0) is 21.3. The minimum atomic E-state index is 0.415. The van der Waals surface area contributed by atoms with Crippen molar-refractivity contribution < 1.29 is 0 Å². The number of benzene rings is 1. The molecule has 6 rings (SSSR count). The molecule has 4 heterocycles. The molecule has 2 fully saturated rings. The SMILES string of the molecule is c1cnc(-c2ccc(CNc3cc(N[C@H]4CCNC4)nc4c(C5CC5)cnn34)cc2)nc1. The molecule has 3 aromatic heterocycles. The van der Waals surface area contributed by atoms with Crippen LogP contribution in [0.25, 0.3) is 17.0 Å². The molecule has 1 aromatic carbocycles. The van der Waals surface area contributed by atoms with E-state index in [1.54, 1.807) is 12.4 Å². The monoisotopic (exact) mass is 426 g/mol. The van der Waals surface area contributed by atoms with Crippen LogP contribution < -0.4 is 16.0 Å². The third-order valence-corrected chi connectivity index (χ3v) is 6.18. The number of anilines is 2. The molecule has 8 heteroatoms. The molecule has 1 aliphatic carbocycles. The lowest BCUT2D eigenvalue weighted by molar-refractivity contribution is 0.786. The van der Waals surface area contributed by atoms with Crippen LogP contribution in [0.15, 0.2) is 55.0 Å². The van der Waals surface area contributed by atoms with Gasteiger partial charge in [0.2, 0.25) is 0 Å². The Balaban J connectivity index is 1.25. The molecule has 0 spiro atoms. The van der Waals surface area contributed by atoms with Crippen LogP contribution in [0.2, 0.25) is 0 Å². The predicted octanol–water partition coefficient (Wildman–Crippen LogP) is 3.45. The van der Waals surface area contributed by atoms with Gasteiger partial charge in [0, 0.05) is 48.7 Å². The molecule has 1 atom stereocenters. The molecule has 162 valence electrons. The first-order chi connectivity index (χ1) is 15.8. The van der Waals surface area contributed by atoms with Crippen LogP contribution in [0.1, 0.15) is 36.3 Å². The highest BCUT2D eigenvalue weighted by Gasteiger charge is 2.28. The molecule has 8 nitrogen and oxygen atoms in total. The van der Waals surface area contributed by atoms with Crippen LogP contribution in [0, 0.1) is 0 Å². The quantitative estimate of drug-likeness (QED) is 0.417. The van der Waals surface area contributed by atoms with Crippen molar-refractivity contribution in [2.75, 3.05) is 23.7 Å². The van der Waals surface area contributed by atoms with Gasteiger partial charge in [-0.2, -0.15) is 9.61 Å². The van der Waals surface area contributed by atoms with Gasteiger partial charge in [-0.15, -0.1) is 0 Å². The lowest BCUT2D eigenvalue weighted by atomic mass is 10.1.